The zero-order valence-electron chi connectivity index (χ0n) is 13.1. The average Bonchev–Trinajstić information content (AvgIpc) is 2.47. The van der Waals surface area contributed by atoms with Crippen molar-refractivity contribution >= 4 is 0 Å². The van der Waals surface area contributed by atoms with Crippen molar-refractivity contribution in [3.05, 3.63) is 35.4 Å². The maximum Gasteiger partial charge on any atom is 0.0802 e. The van der Waals surface area contributed by atoms with Gasteiger partial charge < -0.3 is 10.8 Å². The van der Waals surface area contributed by atoms with Crippen molar-refractivity contribution in [3.8, 4) is 0 Å². The molecule has 0 aromatic heterocycles. The molecule has 1 rings (SSSR count). The minimum Gasteiger partial charge on any atom is -0.388 e. The molecule has 0 spiro atoms. The Morgan fingerprint density at radius 2 is 1.95 bits per heavy atom. The average molecular weight is 277 g/mol. The molecule has 0 saturated heterocycles. The lowest BCUT2D eigenvalue weighted by molar-refractivity contribution is 0.170. The number of benzene rings is 1. The van der Waals surface area contributed by atoms with Gasteiger partial charge in [0.25, 0.3) is 0 Å². The van der Waals surface area contributed by atoms with Crippen molar-refractivity contribution in [1.29, 1.82) is 0 Å². The van der Waals surface area contributed by atoms with Gasteiger partial charge in [0.05, 0.1) is 6.10 Å². The standard InChI is InChI=1S/C18H31NO/c1-3-7-15(4-2)8-5-9-16-10-6-11-17(14-16)18(20)12-13-19/h6,10-11,14-15,18,20H,3-5,7-9,12-13,19H2,1-2H3. The molecule has 0 radical (unpaired) electrons. The first-order valence-electron chi connectivity index (χ1n) is 8.18. The zero-order valence-corrected chi connectivity index (χ0v) is 13.1. The molecule has 0 bridgehead atoms. The quantitative estimate of drug-likeness (QED) is 0.672. The van der Waals surface area contributed by atoms with Gasteiger partial charge in [0.15, 0.2) is 0 Å². The summed E-state index contributed by atoms with van der Waals surface area (Å²) in [6.07, 6.45) is 7.84. The van der Waals surface area contributed by atoms with E-state index < -0.39 is 6.10 Å². The van der Waals surface area contributed by atoms with E-state index in [1.165, 1.54) is 37.7 Å². The summed E-state index contributed by atoms with van der Waals surface area (Å²) in [5.74, 6) is 0.881. The van der Waals surface area contributed by atoms with Crippen LogP contribution in [0.15, 0.2) is 24.3 Å². The summed E-state index contributed by atoms with van der Waals surface area (Å²) < 4.78 is 0. The Labute approximate surface area is 124 Å². The van der Waals surface area contributed by atoms with E-state index in [2.05, 4.69) is 26.0 Å². The summed E-state index contributed by atoms with van der Waals surface area (Å²) >= 11 is 0. The highest BCUT2D eigenvalue weighted by atomic mass is 16.3. The lowest BCUT2D eigenvalue weighted by Gasteiger charge is -2.14. The molecule has 0 heterocycles. The fourth-order valence-corrected chi connectivity index (χ4v) is 2.84. The second-order valence-corrected chi connectivity index (χ2v) is 5.79. The number of aliphatic hydroxyl groups excluding tert-OH is 1. The van der Waals surface area contributed by atoms with Gasteiger partial charge in [-0.05, 0) is 42.9 Å². The number of rotatable bonds is 10. The molecular formula is C18H31NO. The monoisotopic (exact) mass is 277 g/mol. The highest BCUT2D eigenvalue weighted by Gasteiger charge is 2.08. The predicted octanol–water partition coefficient (Wildman–Crippen LogP) is 4.22. The summed E-state index contributed by atoms with van der Waals surface area (Å²) in [6, 6.07) is 8.35. The number of aliphatic hydroxyl groups is 1. The van der Waals surface area contributed by atoms with Crippen LogP contribution in [0.2, 0.25) is 0 Å². The van der Waals surface area contributed by atoms with Crippen LogP contribution in [0.5, 0.6) is 0 Å². The third-order valence-electron chi connectivity index (χ3n) is 4.13. The van der Waals surface area contributed by atoms with Crippen LogP contribution in [0.1, 0.15) is 69.6 Å². The molecule has 114 valence electrons. The van der Waals surface area contributed by atoms with Gasteiger partial charge in [-0.3, -0.25) is 0 Å². The highest BCUT2D eigenvalue weighted by Crippen LogP contribution is 2.21. The van der Waals surface area contributed by atoms with E-state index in [0.29, 0.717) is 13.0 Å². The Kier molecular flexibility index (Phi) is 8.56. The second kappa shape index (κ2) is 9.95. The van der Waals surface area contributed by atoms with Crippen LogP contribution >= 0.6 is 0 Å². The molecule has 1 aromatic carbocycles. The van der Waals surface area contributed by atoms with Crippen LogP contribution in [0.3, 0.4) is 0 Å². The lowest BCUT2D eigenvalue weighted by Crippen LogP contribution is -2.07. The molecule has 20 heavy (non-hydrogen) atoms. The van der Waals surface area contributed by atoms with Crippen LogP contribution in [-0.4, -0.2) is 11.7 Å². The molecular weight excluding hydrogens is 246 g/mol. The number of aryl methyl sites for hydroxylation is 1. The second-order valence-electron chi connectivity index (χ2n) is 5.79. The van der Waals surface area contributed by atoms with Gasteiger partial charge in [-0.1, -0.05) is 63.8 Å². The molecule has 0 aliphatic heterocycles. The van der Waals surface area contributed by atoms with Gasteiger partial charge in [0.2, 0.25) is 0 Å². The van der Waals surface area contributed by atoms with Crippen molar-refractivity contribution in [2.24, 2.45) is 11.7 Å². The van der Waals surface area contributed by atoms with E-state index in [-0.39, 0.29) is 0 Å². The molecule has 1 aromatic rings. The molecule has 2 atom stereocenters. The first-order valence-corrected chi connectivity index (χ1v) is 8.18. The van der Waals surface area contributed by atoms with E-state index in [1.54, 1.807) is 0 Å². The summed E-state index contributed by atoms with van der Waals surface area (Å²) in [6.45, 7) is 5.09. The van der Waals surface area contributed by atoms with E-state index >= 15 is 0 Å². The van der Waals surface area contributed by atoms with Gasteiger partial charge >= 0.3 is 0 Å². The van der Waals surface area contributed by atoms with Crippen molar-refractivity contribution in [1.82, 2.24) is 0 Å². The predicted molar refractivity (Wildman–Crippen MR) is 86.7 cm³/mol. The van der Waals surface area contributed by atoms with E-state index in [1.807, 2.05) is 12.1 Å². The summed E-state index contributed by atoms with van der Waals surface area (Å²) in [4.78, 5) is 0. The first kappa shape index (κ1) is 17.2. The molecule has 2 nitrogen and oxygen atoms in total. The number of hydrogen-bond acceptors (Lipinski definition) is 2. The largest absolute Gasteiger partial charge is 0.388 e. The van der Waals surface area contributed by atoms with Crippen LogP contribution in [0.25, 0.3) is 0 Å². The third-order valence-corrected chi connectivity index (χ3v) is 4.13. The van der Waals surface area contributed by atoms with Gasteiger partial charge in [0, 0.05) is 0 Å². The molecule has 2 heteroatoms. The normalized spacial score (nSPS) is 14.2. The Morgan fingerprint density at radius 3 is 2.60 bits per heavy atom. The van der Waals surface area contributed by atoms with Crippen LogP contribution < -0.4 is 5.73 Å². The Bertz CT molecular complexity index is 364. The van der Waals surface area contributed by atoms with Gasteiger partial charge in [0.1, 0.15) is 0 Å². The topological polar surface area (TPSA) is 46.2 Å². The first-order chi connectivity index (χ1) is 9.71. The fraction of sp³-hybridized carbons (Fsp3) is 0.667. The molecule has 2 unspecified atom stereocenters. The molecule has 0 aliphatic carbocycles. The van der Waals surface area contributed by atoms with Gasteiger partial charge in [-0.15, -0.1) is 0 Å². The van der Waals surface area contributed by atoms with Crippen LogP contribution in [0, 0.1) is 5.92 Å². The number of nitrogens with two attached hydrogens (primary N) is 1. The van der Waals surface area contributed by atoms with E-state index in [4.69, 9.17) is 5.73 Å². The SMILES string of the molecule is CCCC(CC)CCCc1cccc(C(O)CCN)c1. The molecule has 0 fully saturated rings. The van der Waals surface area contributed by atoms with Crippen molar-refractivity contribution in [3.63, 3.8) is 0 Å². The zero-order chi connectivity index (χ0) is 14.8. The molecule has 0 saturated carbocycles. The maximum absolute atomic E-state index is 9.99. The molecule has 0 aliphatic rings. The molecule has 0 amide bonds. The van der Waals surface area contributed by atoms with E-state index in [9.17, 15) is 5.11 Å². The number of hydrogen-bond donors (Lipinski definition) is 2. The Hall–Kier alpha value is -0.860. The summed E-state index contributed by atoms with van der Waals surface area (Å²) in [7, 11) is 0. The maximum atomic E-state index is 9.99. The minimum atomic E-state index is -0.413. The lowest BCUT2D eigenvalue weighted by atomic mass is 9.93. The van der Waals surface area contributed by atoms with E-state index in [0.717, 1.165) is 17.9 Å². The Balaban J connectivity index is 2.45. The Morgan fingerprint density at radius 1 is 1.15 bits per heavy atom. The van der Waals surface area contributed by atoms with Crippen LogP contribution in [0.4, 0.5) is 0 Å². The molecule has 3 N–H and O–H groups in total. The minimum absolute atomic E-state index is 0.413. The smallest absolute Gasteiger partial charge is 0.0802 e. The van der Waals surface area contributed by atoms with Crippen molar-refractivity contribution < 1.29 is 5.11 Å². The van der Waals surface area contributed by atoms with Gasteiger partial charge in [-0.2, -0.15) is 0 Å². The summed E-state index contributed by atoms with van der Waals surface area (Å²) in [5, 5.41) is 9.99. The van der Waals surface area contributed by atoms with Gasteiger partial charge in [-0.25, -0.2) is 0 Å². The van der Waals surface area contributed by atoms with Crippen LogP contribution in [-0.2, 0) is 6.42 Å². The van der Waals surface area contributed by atoms with Crippen molar-refractivity contribution in [2.45, 2.75) is 64.9 Å². The summed E-state index contributed by atoms with van der Waals surface area (Å²) in [5.41, 5.74) is 7.85. The highest BCUT2D eigenvalue weighted by molar-refractivity contribution is 5.25. The third kappa shape index (κ3) is 6.06. The van der Waals surface area contributed by atoms with Crippen molar-refractivity contribution in [2.75, 3.05) is 6.54 Å². The fourth-order valence-electron chi connectivity index (χ4n) is 2.84.